The summed E-state index contributed by atoms with van der Waals surface area (Å²) in [6, 6.07) is 16.2. The molecule has 0 bridgehead atoms. The van der Waals surface area contributed by atoms with E-state index >= 15 is 4.39 Å². The molecule has 2 fully saturated rings. The summed E-state index contributed by atoms with van der Waals surface area (Å²) in [5.74, 6) is 1.26. The van der Waals surface area contributed by atoms with Gasteiger partial charge in [-0.2, -0.15) is 0 Å². The monoisotopic (exact) mass is 574 g/mol. The maximum Gasteiger partial charge on any atom is 0.166 e. The first-order valence-electron chi connectivity index (χ1n) is 16.9. The summed E-state index contributed by atoms with van der Waals surface area (Å²) >= 11 is 0. The number of rotatable bonds is 11. The summed E-state index contributed by atoms with van der Waals surface area (Å²) in [6.07, 6.45) is 19.1. The van der Waals surface area contributed by atoms with Gasteiger partial charge in [0.05, 0.1) is 0 Å². The number of benzene rings is 3. The van der Waals surface area contributed by atoms with Crippen LogP contribution in [0.4, 0.5) is 13.2 Å². The minimum Gasteiger partial charge on any atom is -0.207 e. The molecule has 2 aliphatic rings. The van der Waals surface area contributed by atoms with Gasteiger partial charge in [0.25, 0.3) is 0 Å². The van der Waals surface area contributed by atoms with Crippen molar-refractivity contribution in [3.63, 3.8) is 0 Å². The summed E-state index contributed by atoms with van der Waals surface area (Å²) in [5.41, 5.74) is 3.78. The molecule has 0 atom stereocenters. The largest absolute Gasteiger partial charge is 0.207 e. The number of aryl methyl sites for hydroxylation is 1. The third-order valence-electron chi connectivity index (χ3n) is 10.6. The Labute approximate surface area is 252 Å². The number of hydrogen-bond donors (Lipinski definition) is 0. The second kappa shape index (κ2) is 14.8. The molecule has 0 radical (unpaired) electrons. The zero-order chi connectivity index (χ0) is 29.5. The highest BCUT2D eigenvalue weighted by Crippen LogP contribution is 2.45. The second-order valence-electron chi connectivity index (χ2n) is 13.2. The highest BCUT2D eigenvalue weighted by atomic mass is 19.2. The minimum absolute atomic E-state index is 0.122. The van der Waals surface area contributed by atoms with Crippen molar-refractivity contribution < 1.29 is 13.2 Å². The fourth-order valence-corrected chi connectivity index (χ4v) is 7.85. The molecule has 0 aromatic heterocycles. The van der Waals surface area contributed by atoms with Crippen LogP contribution in [0.15, 0.2) is 54.6 Å². The second-order valence-corrected chi connectivity index (χ2v) is 13.2. The Kier molecular flexibility index (Phi) is 10.9. The molecule has 0 unspecified atom stereocenters. The molecule has 0 N–H and O–H groups in total. The lowest BCUT2D eigenvalue weighted by atomic mass is 9.68. The van der Waals surface area contributed by atoms with Crippen LogP contribution in [-0.2, 0) is 6.42 Å². The summed E-state index contributed by atoms with van der Waals surface area (Å²) in [5, 5.41) is 0. The van der Waals surface area contributed by atoms with Crippen molar-refractivity contribution in [2.75, 3.05) is 0 Å². The highest BCUT2D eigenvalue weighted by molar-refractivity contribution is 5.71. The van der Waals surface area contributed by atoms with Gasteiger partial charge in [-0.05, 0) is 103 Å². The van der Waals surface area contributed by atoms with Gasteiger partial charge in [0.15, 0.2) is 11.6 Å². The molecular formula is C39H49F3. The summed E-state index contributed by atoms with van der Waals surface area (Å²) in [7, 11) is 0. The van der Waals surface area contributed by atoms with E-state index in [-0.39, 0.29) is 11.4 Å². The average molecular weight is 575 g/mol. The van der Waals surface area contributed by atoms with E-state index in [0.717, 1.165) is 47.3 Å². The normalized spacial score (nSPS) is 22.8. The Morgan fingerprint density at radius 2 is 1.21 bits per heavy atom. The third-order valence-corrected chi connectivity index (χ3v) is 10.6. The van der Waals surface area contributed by atoms with Gasteiger partial charge in [-0.15, -0.1) is 0 Å². The maximum atomic E-state index is 15.4. The maximum absolute atomic E-state index is 15.4. The quantitative estimate of drug-likeness (QED) is 0.200. The Bertz CT molecular complexity index is 1280. The Balaban J connectivity index is 1.13. The van der Waals surface area contributed by atoms with E-state index in [0.29, 0.717) is 23.5 Å². The SMILES string of the molecule is CCCCCCCC1CCC(C2CCC(c3ccc(-c4ccc(-c5ccc(CC)c(F)c5F)cc4)cc3F)CC2)CC1. The van der Waals surface area contributed by atoms with Crippen LogP contribution in [0.25, 0.3) is 22.3 Å². The van der Waals surface area contributed by atoms with Gasteiger partial charge in [-0.25, -0.2) is 13.2 Å². The lowest BCUT2D eigenvalue weighted by Gasteiger charge is -2.38. The van der Waals surface area contributed by atoms with Gasteiger partial charge in [-0.3, -0.25) is 0 Å². The fraction of sp³-hybridized carbons (Fsp3) is 0.538. The van der Waals surface area contributed by atoms with Crippen LogP contribution in [0.5, 0.6) is 0 Å². The molecule has 3 heteroatoms. The van der Waals surface area contributed by atoms with Crippen LogP contribution in [-0.4, -0.2) is 0 Å². The van der Waals surface area contributed by atoms with E-state index in [2.05, 4.69) is 6.92 Å². The highest BCUT2D eigenvalue weighted by Gasteiger charge is 2.32. The number of hydrogen-bond acceptors (Lipinski definition) is 0. The van der Waals surface area contributed by atoms with Gasteiger partial charge < -0.3 is 0 Å². The molecule has 2 aliphatic carbocycles. The molecular weight excluding hydrogens is 525 g/mol. The van der Waals surface area contributed by atoms with E-state index in [1.165, 1.54) is 77.0 Å². The lowest BCUT2D eigenvalue weighted by Crippen LogP contribution is -2.25. The van der Waals surface area contributed by atoms with Gasteiger partial charge in [-0.1, -0.05) is 114 Å². The molecule has 0 nitrogen and oxygen atoms in total. The van der Waals surface area contributed by atoms with Crippen LogP contribution in [0.3, 0.4) is 0 Å². The van der Waals surface area contributed by atoms with E-state index < -0.39 is 11.6 Å². The summed E-state index contributed by atoms with van der Waals surface area (Å²) in [4.78, 5) is 0. The molecule has 0 saturated heterocycles. The molecule has 0 heterocycles. The first-order valence-corrected chi connectivity index (χ1v) is 16.9. The topological polar surface area (TPSA) is 0 Å². The first-order chi connectivity index (χ1) is 20.5. The van der Waals surface area contributed by atoms with Crippen molar-refractivity contribution >= 4 is 0 Å². The van der Waals surface area contributed by atoms with Crippen molar-refractivity contribution in [1.82, 2.24) is 0 Å². The summed E-state index contributed by atoms with van der Waals surface area (Å²) in [6.45, 7) is 4.09. The van der Waals surface area contributed by atoms with Gasteiger partial charge in [0.1, 0.15) is 5.82 Å². The smallest absolute Gasteiger partial charge is 0.166 e. The van der Waals surface area contributed by atoms with E-state index in [9.17, 15) is 8.78 Å². The third kappa shape index (κ3) is 7.32. The molecule has 3 aromatic rings. The molecule has 0 aliphatic heterocycles. The van der Waals surface area contributed by atoms with Crippen molar-refractivity contribution in [2.24, 2.45) is 17.8 Å². The van der Waals surface area contributed by atoms with Crippen LogP contribution in [0.1, 0.15) is 121 Å². The summed E-state index contributed by atoms with van der Waals surface area (Å²) < 4.78 is 44.3. The zero-order valence-corrected chi connectivity index (χ0v) is 25.7. The lowest BCUT2D eigenvalue weighted by molar-refractivity contribution is 0.155. The predicted octanol–water partition coefficient (Wildman–Crippen LogP) is 12.4. The standard InChI is InChI=1S/C39H49F3/c1-3-5-6-7-8-9-27-10-12-29(13-11-27)30-14-18-32(19-15-30)35-24-23-34(26-37(35)40)31-16-20-33(21-17-31)36-25-22-28(4-2)38(41)39(36)42/h16-17,20-27,29-30,32H,3-15,18-19H2,1-2H3. The molecule has 3 aromatic carbocycles. The van der Waals surface area contributed by atoms with E-state index in [4.69, 9.17) is 0 Å². The van der Waals surface area contributed by atoms with E-state index in [1.807, 2.05) is 31.2 Å². The van der Waals surface area contributed by atoms with Crippen LogP contribution in [0.2, 0.25) is 0 Å². The van der Waals surface area contributed by atoms with Crippen molar-refractivity contribution in [1.29, 1.82) is 0 Å². The van der Waals surface area contributed by atoms with Crippen LogP contribution in [0, 0.1) is 35.2 Å². The minimum atomic E-state index is -0.812. The molecule has 5 rings (SSSR count). The number of halogens is 3. The molecule has 0 amide bonds. The van der Waals surface area contributed by atoms with Gasteiger partial charge in [0, 0.05) is 5.56 Å². The Hall–Kier alpha value is -2.55. The number of unbranched alkanes of at least 4 members (excludes halogenated alkanes) is 4. The van der Waals surface area contributed by atoms with Crippen molar-refractivity contribution in [2.45, 2.75) is 116 Å². The molecule has 0 spiro atoms. The van der Waals surface area contributed by atoms with Gasteiger partial charge in [0.2, 0.25) is 0 Å². The first kappa shape index (κ1) is 30.9. The fourth-order valence-electron chi connectivity index (χ4n) is 7.85. The van der Waals surface area contributed by atoms with Gasteiger partial charge >= 0.3 is 0 Å². The molecule has 42 heavy (non-hydrogen) atoms. The van der Waals surface area contributed by atoms with Crippen LogP contribution >= 0.6 is 0 Å². The Morgan fingerprint density at radius 3 is 1.86 bits per heavy atom. The average Bonchev–Trinajstić information content (AvgIpc) is 3.03. The zero-order valence-electron chi connectivity index (χ0n) is 25.7. The predicted molar refractivity (Wildman–Crippen MR) is 170 cm³/mol. The van der Waals surface area contributed by atoms with Crippen molar-refractivity contribution in [3.8, 4) is 22.3 Å². The molecule has 2 saturated carbocycles. The van der Waals surface area contributed by atoms with Crippen LogP contribution < -0.4 is 0 Å². The van der Waals surface area contributed by atoms with Crippen molar-refractivity contribution in [3.05, 3.63) is 83.2 Å². The molecule has 226 valence electrons. The van der Waals surface area contributed by atoms with E-state index in [1.54, 1.807) is 30.3 Å². The Morgan fingerprint density at radius 1 is 0.595 bits per heavy atom.